The summed E-state index contributed by atoms with van der Waals surface area (Å²) in [4.78, 5) is 20.9. The average Bonchev–Trinajstić information content (AvgIpc) is 2.56. The molecule has 0 aliphatic carbocycles. The summed E-state index contributed by atoms with van der Waals surface area (Å²) in [6.07, 6.45) is 0. The molecule has 26 heavy (non-hydrogen) atoms. The highest BCUT2D eigenvalue weighted by atomic mass is 35.5. The summed E-state index contributed by atoms with van der Waals surface area (Å²) >= 11 is 15.9. The zero-order valence-corrected chi connectivity index (χ0v) is 17.7. The second-order valence-corrected chi connectivity index (χ2v) is 6.94. The van der Waals surface area contributed by atoms with Crippen LogP contribution in [0.3, 0.4) is 0 Å². The smallest absolute Gasteiger partial charge is 0.252 e. The van der Waals surface area contributed by atoms with E-state index >= 15 is 0 Å². The summed E-state index contributed by atoms with van der Waals surface area (Å²) in [6.45, 7) is 6.02. The molecule has 0 saturated heterocycles. The number of hydrogen-bond acceptors (Lipinski definition) is 4. The first-order chi connectivity index (χ1) is 11.6. The lowest BCUT2D eigenvalue weighted by Gasteiger charge is -2.14. The van der Waals surface area contributed by atoms with Crippen LogP contribution in [0.5, 0.6) is 0 Å². The van der Waals surface area contributed by atoms with Gasteiger partial charge >= 0.3 is 0 Å². The molecule has 2 aromatic carbocycles. The van der Waals surface area contributed by atoms with Gasteiger partial charge in [-0.25, -0.2) is 0 Å². The van der Waals surface area contributed by atoms with Gasteiger partial charge in [-0.1, -0.05) is 48.0 Å². The van der Waals surface area contributed by atoms with Crippen molar-refractivity contribution in [2.75, 3.05) is 0 Å². The molecule has 0 radical (unpaired) electrons. The van der Waals surface area contributed by atoms with Gasteiger partial charge < -0.3 is 0 Å². The van der Waals surface area contributed by atoms with Gasteiger partial charge in [0.1, 0.15) is 0 Å². The molecule has 4 nitrogen and oxygen atoms in total. The third kappa shape index (κ3) is 14.1. The highest BCUT2D eigenvalue weighted by Crippen LogP contribution is 2.11. The second-order valence-electron chi connectivity index (χ2n) is 5.82. The standard InChI is InChI=1S/C7H4Cl2O.C7H5ClO.C4H12N2.ClH/c8-6-3-1-2-5(4-6)7(9)10;8-7(9)6-4-2-1-3-5-6;1-4(2,3)6-5;/h1-4H;1-5H;6H,5H2,1-3H3;1H. The van der Waals surface area contributed by atoms with Crippen molar-refractivity contribution in [2.24, 2.45) is 5.84 Å². The third-order valence-electron chi connectivity index (χ3n) is 2.49. The van der Waals surface area contributed by atoms with Gasteiger partial charge in [0.05, 0.1) is 0 Å². The van der Waals surface area contributed by atoms with Crippen LogP contribution in [-0.2, 0) is 0 Å². The highest BCUT2D eigenvalue weighted by molar-refractivity contribution is 6.68. The van der Waals surface area contributed by atoms with E-state index in [2.05, 4.69) is 5.43 Å². The number of hydrogen-bond donors (Lipinski definition) is 2. The summed E-state index contributed by atoms with van der Waals surface area (Å²) in [6, 6.07) is 15.2. The Morgan fingerprint density at radius 1 is 0.885 bits per heavy atom. The molecular weight excluding hydrogens is 418 g/mol. The van der Waals surface area contributed by atoms with Crippen molar-refractivity contribution in [1.82, 2.24) is 5.43 Å². The van der Waals surface area contributed by atoms with E-state index in [0.717, 1.165) is 0 Å². The van der Waals surface area contributed by atoms with Gasteiger partial charge in [-0.2, -0.15) is 0 Å². The van der Waals surface area contributed by atoms with E-state index in [9.17, 15) is 9.59 Å². The molecule has 0 aliphatic heterocycles. The lowest BCUT2D eigenvalue weighted by Crippen LogP contribution is -2.41. The number of nitrogens with two attached hydrogens (primary N) is 1. The molecule has 0 aliphatic rings. The minimum absolute atomic E-state index is 0. The van der Waals surface area contributed by atoms with E-state index in [1.165, 1.54) is 6.07 Å². The predicted molar refractivity (Wildman–Crippen MR) is 113 cm³/mol. The van der Waals surface area contributed by atoms with E-state index < -0.39 is 10.5 Å². The lowest BCUT2D eigenvalue weighted by atomic mass is 10.1. The monoisotopic (exact) mass is 438 g/mol. The molecule has 0 unspecified atom stereocenters. The van der Waals surface area contributed by atoms with Crippen molar-refractivity contribution in [3.63, 3.8) is 0 Å². The minimum atomic E-state index is -0.484. The minimum Gasteiger partial charge on any atom is -0.276 e. The Balaban J connectivity index is 0. The Kier molecular flexibility index (Phi) is 14.6. The van der Waals surface area contributed by atoms with Gasteiger partial charge in [0, 0.05) is 21.7 Å². The molecular formula is C18H22Cl4N2O2. The zero-order valence-electron chi connectivity index (χ0n) is 14.6. The maximum atomic E-state index is 10.5. The fourth-order valence-electron chi connectivity index (χ4n) is 1.18. The zero-order chi connectivity index (χ0) is 19.5. The number of rotatable bonds is 2. The van der Waals surface area contributed by atoms with Crippen molar-refractivity contribution in [2.45, 2.75) is 26.3 Å². The number of carbonyl (C=O) groups excluding carboxylic acids is 2. The van der Waals surface area contributed by atoms with E-state index in [1.54, 1.807) is 42.5 Å². The first-order valence-corrected chi connectivity index (χ1v) is 8.38. The molecule has 0 fully saturated rings. The Morgan fingerprint density at radius 2 is 1.31 bits per heavy atom. The maximum Gasteiger partial charge on any atom is 0.252 e. The first kappa shape index (κ1) is 27.1. The fraction of sp³-hybridized carbons (Fsp3) is 0.222. The van der Waals surface area contributed by atoms with Crippen molar-refractivity contribution >= 4 is 57.7 Å². The molecule has 0 atom stereocenters. The van der Waals surface area contributed by atoms with Crippen molar-refractivity contribution in [3.8, 4) is 0 Å². The number of halogens is 4. The normalized spacial score (nSPS) is 9.50. The van der Waals surface area contributed by atoms with Crippen LogP contribution in [0, 0.1) is 0 Å². The van der Waals surface area contributed by atoms with Crippen molar-refractivity contribution < 1.29 is 9.59 Å². The molecule has 0 saturated carbocycles. The van der Waals surface area contributed by atoms with Crippen LogP contribution in [0.2, 0.25) is 5.02 Å². The largest absolute Gasteiger partial charge is 0.276 e. The Bertz CT molecular complexity index is 674. The first-order valence-electron chi connectivity index (χ1n) is 7.25. The average molecular weight is 440 g/mol. The number of hydrazine groups is 1. The van der Waals surface area contributed by atoms with Gasteiger partial charge in [0.2, 0.25) is 0 Å². The summed E-state index contributed by atoms with van der Waals surface area (Å²) in [5.41, 5.74) is 3.64. The maximum absolute atomic E-state index is 10.5. The Hall–Kier alpha value is -1.14. The van der Waals surface area contributed by atoms with E-state index in [-0.39, 0.29) is 17.9 Å². The molecule has 0 heterocycles. The van der Waals surface area contributed by atoms with Gasteiger partial charge in [-0.3, -0.25) is 20.9 Å². The van der Waals surface area contributed by atoms with E-state index in [1.807, 2.05) is 26.8 Å². The molecule has 2 rings (SSSR count). The van der Waals surface area contributed by atoms with Gasteiger partial charge in [0.15, 0.2) is 0 Å². The Morgan fingerprint density at radius 3 is 1.58 bits per heavy atom. The molecule has 0 bridgehead atoms. The summed E-state index contributed by atoms with van der Waals surface area (Å²) in [5, 5.41) is -0.371. The number of nitrogens with one attached hydrogen (secondary N) is 1. The lowest BCUT2D eigenvalue weighted by molar-refractivity contribution is 0.107. The number of benzene rings is 2. The molecule has 8 heteroatoms. The topological polar surface area (TPSA) is 72.2 Å². The summed E-state index contributed by atoms with van der Waals surface area (Å²) in [5.74, 6) is 5.06. The highest BCUT2D eigenvalue weighted by Gasteiger charge is 2.02. The van der Waals surface area contributed by atoms with Crippen LogP contribution in [0.15, 0.2) is 54.6 Å². The SMILES string of the molecule is CC(C)(C)NN.Cl.O=C(Cl)c1cccc(Cl)c1.O=C(Cl)c1ccccc1. The van der Waals surface area contributed by atoms with Crippen LogP contribution in [0.4, 0.5) is 0 Å². The predicted octanol–water partition coefficient (Wildman–Crippen LogP) is 5.45. The van der Waals surface area contributed by atoms with E-state index in [0.29, 0.717) is 16.1 Å². The Labute approximate surface area is 175 Å². The van der Waals surface area contributed by atoms with Crippen LogP contribution in [0.1, 0.15) is 41.5 Å². The molecule has 144 valence electrons. The van der Waals surface area contributed by atoms with Gasteiger partial charge in [-0.05, 0) is 62.2 Å². The second kappa shape index (κ2) is 14.0. The summed E-state index contributed by atoms with van der Waals surface area (Å²) in [7, 11) is 0. The van der Waals surface area contributed by atoms with Crippen molar-refractivity contribution in [1.29, 1.82) is 0 Å². The quantitative estimate of drug-likeness (QED) is 0.370. The van der Waals surface area contributed by atoms with E-state index in [4.69, 9.17) is 40.6 Å². The van der Waals surface area contributed by atoms with Crippen LogP contribution in [0.25, 0.3) is 0 Å². The van der Waals surface area contributed by atoms with Crippen molar-refractivity contribution in [3.05, 3.63) is 70.7 Å². The molecule has 3 N–H and O–H groups in total. The molecule has 0 aromatic heterocycles. The fourth-order valence-corrected chi connectivity index (χ4v) is 1.61. The molecule has 2 aromatic rings. The molecule has 0 spiro atoms. The van der Waals surface area contributed by atoms with Crippen LogP contribution >= 0.6 is 47.2 Å². The third-order valence-corrected chi connectivity index (χ3v) is 3.16. The van der Waals surface area contributed by atoms with Gasteiger partial charge in [-0.15, -0.1) is 12.4 Å². The van der Waals surface area contributed by atoms with Crippen LogP contribution < -0.4 is 11.3 Å². The van der Waals surface area contributed by atoms with Crippen LogP contribution in [-0.4, -0.2) is 16.0 Å². The number of carbonyl (C=O) groups is 2. The van der Waals surface area contributed by atoms with Gasteiger partial charge in [0.25, 0.3) is 10.5 Å². The summed E-state index contributed by atoms with van der Waals surface area (Å²) < 4.78 is 0. The molecule has 0 amide bonds.